The van der Waals surface area contributed by atoms with Gasteiger partial charge in [0.15, 0.2) is 0 Å². The fourth-order valence-electron chi connectivity index (χ4n) is 1.85. The lowest BCUT2D eigenvalue weighted by atomic mass is 10.1. The molecule has 0 aliphatic carbocycles. The van der Waals surface area contributed by atoms with Crippen molar-refractivity contribution < 1.29 is 4.79 Å². The molecule has 0 saturated carbocycles. The lowest BCUT2D eigenvalue weighted by Crippen LogP contribution is -2.03. The van der Waals surface area contributed by atoms with Gasteiger partial charge in [-0.1, -0.05) is 18.2 Å². The molecule has 82 valence electrons. The number of benzene rings is 1. The summed E-state index contributed by atoms with van der Waals surface area (Å²) in [7, 11) is 0. The highest BCUT2D eigenvalue weighted by atomic mass is 16.1. The van der Waals surface area contributed by atoms with E-state index in [-0.39, 0.29) is 0 Å². The van der Waals surface area contributed by atoms with Gasteiger partial charge in [-0.15, -0.1) is 0 Å². The first kappa shape index (κ1) is 10.6. The number of nitrogens with zero attached hydrogens (tertiary/aromatic N) is 2. The first-order chi connectivity index (χ1) is 7.72. The molecule has 16 heavy (non-hydrogen) atoms. The van der Waals surface area contributed by atoms with Gasteiger partial charge in [0.05, 0.1) is 11.4 Å². The van der Waals surface area contributed by atoms with E-state index >= 15 is 0 Å². The SMILES string of the molecule is Cc1cc(C)n(-c2ccccc2CC=O)n1. The minimum atomic E-state index is 0.425. The standard InChI is InChI=1S/C13H14N2O/c1-10-9-11(2)15(14-10)13-6-4-3-5-12(13)7-8-16/h3-6,8-9H,7H2,1-2H3. The molecule has 0 amide bonds. The summed E-state index contributed by atoms with van der Waals surface area (Å²) < 4.78 is 1.88. The molecule has 3 heteroatoms. The predicted octanol–water partition coefficient (Wildman–Crippen LogP) is 2.23. The molecule has 0 spiro atoms. The van der Waals surface area contributed by atoms with Crippen molar-refractivity contribution in [3.8, 4) is 5.69 Å². The Kier molecular flexibility index (Phi) is 2.86. The summed E-state index contributed by atoms with van der Waals surface area (Å²) >= 11 is 0. The van der Waals surface area contributed by atoms with Gasteiger partial charge >= 0.3 is 0 Å². The number of hydrogen-bond donors (Lipinski definition) is 0. The second-order valence-electron chi connectivity index (χ2n) is 3.84. The van der Waals surface area contributed by atoms with Crippen molar-refractivity contribution in [2.45, 2.75) is 20.3 Å². The van der Waals surface area contributed by atoms with Crippen LogP contribution in [0, 0.1) is 13.8 Å². The highest BCUT2D eigenvalue weighted by Crippen LogP contribution is 2.16. The Morgan fingerprint density at radius 2 is 2.06 bits per heavy atom. The Hall–Kier alpha value is -1.90. The Morgan fingerprint density at radius 3 is 2.69 bits per heavy atom. The summed E-state index contributed by atoms with van der Waals surface area (Å²) in [6.45, 7) is 3.98. The van der Waals surface area contributed by atoms with Crippen molar-refractivity contribution in [2.24, 2.45) is 0 Å². The van der Waals surface area contributed by atoms with E-state index < -0.39 is 0 Å². The van der Waals surface area contributed by atoms with E-state index in [0.717, 1.165) is 28.9 Å². The van der Waals surface area contributed by atoms with Gasteiger partial charge in [0.1, 0.15) is 6.29 Å². The van der Waals surface area contributed by atoms with Gasteiger partial charge in [0.2, 0.25) is 0 Å². The molecule has 0 fully saturated rings. The molecule has 0 unspecified atom stereocenters. The molecule has 0 aliphatic rings. The number of aryl methyl sites for hydroxylation is 2. The third-order valence-corrected chi connectivity index (χ3v) is 2.53. The number of hydrogen-bond acceptors (Lipinski definition) is 2. The van der Waals surface area contributed by atoms with Crippen LogP contribution in [0.5, 0.6) is 0 Å². The van der Waals surface area contributed by atoms with E-state index in [2.05, 4.69) is 5.10 Å². The van der Waals surface area contributed by atoms with E-state index in [9.17, 15) is 4.79 Å². The molecule has 0 N–H and O–H groups in total. The normalized spacial score (nSPS) is 10.4. The van der Waals surface area contributed by atoms with Gasteiger partial charge in [0, 0.05) is 12.1 Å². The predicted molar refractivity (Wildman–Crippen MR) is 62.8 cm³/mol. The van der Waals surface area contributed by atoms with E-state index in [1.807, 2.05) is 48.9 Å². The fourth-order valence-corrected chi connectivity index (χ4v) is 1.85. The third kappa shape index (κ3) is 1.89. The molecule has 1 aromatic carbocycles. The fraction of sp³-hybridized carbons (Fsp3) is 0.231. The number of carbonyl (C=O) groups is 1. The smallest absolute Gasteiger partial charge is 0.124 e. The maximum Gasteiger partial charge on any atom is 0.124 e. The maximum atomic E-state index is 10.6. The zero-order valence-corrected chi connectivity index (χ0v) is 9.47. The van der Waals surface area contributed by atoms with E-state index in [1.54, 1.807) is 0 Å². The molecule has 0 atom stereocenters. The lowest BCUT2D eigenvalue weighted by Gasteiger charge is -2.08. The summed E-state index contributed by atoms with van der Waals surface area (Å²) in [6.07, 6.45) is 1.35. The minimum absolute atomic E-state index is 0.425. The van der Waals surface area contributed by atoms with E-state index in [0.29, 0.717) is 6.42 Å². The van der Waals surface area contributed by atoms with Crippen LogP contribution in [0.25, 0.3) is 5.69 Å². The van der Waals surface area contributed by atoms with Crippen molar-refractivity contribution in [3.63, 3.8) is 0 Å². The first-order valence-electron chi connectivity index (χ1n) is 5.27. The molecule has 1 aromatic heterocycles. The first-order valence-corrected chi connectivity index (χ1v) is 5.27. The molecule has 0 radical (unpaired) electrons. The number of rotatable bonds is 3. The number of aromatic nitrogens is 2. The van der Waals surface area contributed by atoms with Crippen LogP contribution in [-0.2, 0) is 11.2 Å². The van der Waals surface area contributed by atoms with Crippen LogP contribution in [0.15, 0.2) is 30.3 Å². The van der Waals surface area contributed by atoms with Gasteiger partial charge in [-0.2, -0.15) is 5.10 Å². The topological polar surface area (TPSA) is 34.9 Å². The minimum Gasteiger partial charge on any atom is -0.303 e. The van der Waals surface area contributed by atoms with Gasteiger partial charge in [-0.05, 0) is 31.5 Å². The van der Waals surface area contributed by atoms with Crippen LogP contribution < -0.4 is 0 Å². The van der Waals surface area contributed by atoms with Gasteiger partial charge < -0.3 is 4.79 Å². The zero-order valence-electron chi connectivity index (χ0n) is 9.47. The van der Waals surface area contributed by atoms with E-state index in [4.69, 9.17) is 0 Å². The zero-order chi connectivity index (χ0) is 11.5. The van der Waals surface area contributed by atoms with Crippen LogP contribution in [0.3, 0.4) is 0 Å². The molecule has 0 saturated heterocycles. The lowest BCUT2D eigenvalue weighted by molar-refractivity contribution is -0.107. The Bertz CT molecular complexity index is 514. The number of carbonyl (C=O) groups excluding carboxylic acids is 1. The van der Waals surface area contributed by atoms with Gasteiger partial charge in [0.25, 0.3) is 0 Å². The van der Waals surface area contributed by atoms with Crippen molar-refractivity contribution in [1.29, 1.82) is 0 Å². The molecule has 1 heterocycles. The maximum absolute atomic E-state index is 10.6. The molecular weight excluding hydrogens is 200 g/mol. The average Bonchev–Trinajstić information content (AvgIpc) is 2.59. The Balaban J connectivity index is 2.54. The van der Waals surface area contributed by atoms with Crippen LogP contribution in [0.2, 0.25) is 0 Å². The average molecular weight is 214 g/mol. The second-order valence-corrected chi connectivity index (χ2v) is 3.84. The summed E-state index contributed by atoms with van der Waals surface area (Å²) in [4.78, 5) is 10.6. The summed E-state index contributed by atoms with van der Waals surface area (Å²) in [6, 6.07) is 9.87. The summed E-state index contributed by atoms with van der Waals surface area (Å²) in [5.41, 5.74) is 4.05. The molecule has 0 aliphatic heterocycles. The Labute approximate surface area is 94.7 Å². The van der Waals surface area contributed by atoms with Crippen LogP contribution in [0.4, 0.5) is 0 Å². The van der Waals surface area contributed by atoms with Crippen LogP contribution in [-0.4, -0.2) is 16.1 Å². The number of para-hydroxylation sites is 1. The van der Waals surface area contributed by atoms with Crippen molar-refractivity contribution in [3.05, 3.63) is 47.3 Å². The molecular formula is C13H14N2O. The molecule has 2 rings (SSSR count). The monoisotopic (exact) mass is 214 g/mol. The largest absolute Gasteiger partial charge is 0.303 e. The summed E-state index contributed by atoms with van der Waals surface area (Å²) in [5.74, 6) is 0. The van der Waals surface area contributed by atoms with Gasteiger partial charge in [-0.25, -0.2) is 4.68 Å². The van der Waals surface area contributed by atoms with Crippen molar-refractivity contribution in [1.82, 2.24) is 9.78 Å². The van der Waals surface area contributed by atoms with Crippen molar-refractivity contribution >= 4 is 6.29 Å². The van der Waals surface area contributed by atoms with Gasteiger partial charge in [-0.3, -0.25) is 0 Å². The van der Waals surface area contributed by atoms with Crippen LogP contribution >= 0.6 is 0 Å². The highest BCUT2D eigenvalue weighted by Gasteiger charge is 2.07. The summed E-state index contributed by atoms with van der Waals surface area (Å²) in [5, 5.41) is 4.42. The molecule has 0 bridgehead atoms. The van der Waals surface area contributed by atoms with E-state index in [1.165, 1.54) is 0 Å². The van der Waals surface area contributed by atoms with Crippen LogP contribution in [0.1, 0.15) is 17.0 Å². The molecule has 3 nitrogen and oxygen atoms in total. The third-order valence-electron chi connectivity index (χ3n) is 2.53. The van der Waals surface area contributed by atoms with Crippen molar-refractivity contribution in [2.75, 3.05) is 0 Å². The second kappa shape index (κ2) is 4.31. The Morgan fingerprint density at radius 1 is 1.31 bits per heavy atom. The number of aldehydes is 1. The molecule has 2 aromatic rings. The quantitative estimate of drug-likeness (QED) is 0.734. The highest BCUT2D eigenvalue weighted by molar-refractivity contribution is 5.59.